The van der Waals surface area contributed by atoms with E-state index in [2.05, 4.69) is 5.32 Å². The smallest absolute Gasteiger partial charge is 0.408 e. The lowest BCUT2D eigenvalue weighted by Crippen LogP contribution is -2.52. The molecule has 9 heteroatoms. The van der Waals surface area contributed by atoms with Crippen molar-refractivity contribution in [2.75, 3.05) is 18.1 Å². The van der Waals surface area contributed by atoms with Gasteiger partial charge in [-0.3, -0.25) is 9.69 Å². The highest BCUT2D eigenvalue weighted by molar-refractivity contribution is 5.99. The molecule has 1 N–H and O–H groups in total. The molecule has 1 aliphatic carbocycles. The van der Waals surface area contributed by atoms with Crippen LogP contribution >= 0.6 is 0 Å². The standard InChI is InChI=1S/C30H31F2N3O4/c1-29(2,3)39-28(37)34-30(14-7-15-30)21-12-10-20(11-13-21)26-22(19-8-5-4-6-9-19)16-23-27(33-26)38-18-25(36)35(23)17-24(31)32/h4-6,8-13,16,24H,7,14-15,17-18H2,1-3H3,(H,34,37). The summed E-state index contributed by atoms with van der Waals surface area (Å²) in [6, 6.07) is 18.9. The van der Waals surface area contributed by atoms with Crippen LogP contribution in [0.2, 0.25) is 0 Å². The van der Waals surface area contributed by atoms with Gasteiger partial charge in [-0.2, -0.15) is 0 Å². The SMILES string of the molecule is CC(C)(C)OC(=O)NC1(c2ccc(-c3nc4c(cc3-c3ccccc3)N(CC(F)F)C(=O)CO4)cc2)CCC1. The second-order valence-corrected chi connectivity index (χ2v) is 10.9. The number of benzene rings is 2. The zero-order valence-corrected chi connectivity index (χ0v) is 22.2. The van der Waals surface area contributed by atoms with Gasteiger partial charge in [0.15, 0.2) is 6.61 Å². The third-order valence-corrected chi connectivity index (χ3v) is 6.96. The number of pyridine rings is 1. The highest BCUT2D eigenvalue weighted by Crippen LogP contribution is 2.44. The zero-order valence-electron chi connectivity index (χ0n) is 22.2. The first-order valence-corrected chi connectivity index (χ1v) is 13.0. The van der Waals surface area contributed by atoms with Crippen LogP contribution in [-0.4, -0.2) is 42.2 Å². The minimum Gasteiger partial charge on any atom is -0.466 e. The lowest BCUT2D eigenvalue weighted by molar-refractivity contribution is -0.121. The number of rotatable bonds is 6. The van der Waals surface area contributed by atoms with Crippen LogP contribution in [-0.2, 0) is 15.1 Å². The summed E-state index contributed by atoms with van der Waals surface area (Å²) < 4.78 is 37.7. The van der Waals surface area contributed by atoms with E-state index in [1.807, 2.05) is 75.4 Å². The number of nitrogens with one attached hydrogen (secondary N) is 1. The maximum Gasteiger partial charge on any atom is 0.408 e. The molecule has 2 aliphatic rings. The summed E-state index contributed by atoms with van der Waals surface area (Å²) in [6.07, 6.45) is -0.540. The summed E-state index contributed by atoms with van der Waals surface area (Å²) in [7, 11) is 0. The summed E-state index contributed by atoms with van der Waals surface area (Å²) in [6.45, 7) is 4.41. The van der Waals surface area contributed by atoms with Gasteiger partial charge in [-0.05, 0) is 57.2 Å². The lowest BCUT2D eigenvalue weighted by atomic mass is 9.71. The first-order valence-electron chi connectivity index (χ1n) is 13.0. The van der Waals surface area contributed by atoms with E-state index in [9.17, 15) is 18.4 Å². The van der Waals surface area contributed by atoms with Gasteiger partial charge in [0.25, 0.3) is 12.3 Å². The average Bonchev–Trinajstić information content (AvgIpc) is 2.87. The molecule has 1 fully saturated rings. The number of ether oxygens (including phenoxy) is 2. The van der Waals surface area contributed by atoms with Gasteiger partial charge >= 0.3 is 6.09 Å². The van der Waals surface area contributed by atoms with E-state index in [1.54, 1.807) is 6.07 Å². The summed E-state index contributed by atoms with van der Waals surface area (Å²) >= 11 is 0. The summed E-state index contributed by atoms with van der Waals surface area (Å²) in [4.78, 5) is 30.7. The van der Waals surface area contributed by atoms with E-state index >= 15 is 0 Å². The number of nitrogens with zero attached hydrogens (tertiary/aromatic N) is 2. The van der Waals surface area contributed by atoms with Crippen LogP contribution in [0.15, 0.2) is 60.7 Å². The van der Waals surface area contributed by atoms with Crippen molar-refractivity contribution in [3.8, 4) is 28.3 Å². The monoisotopic (exact) mass is 535 g/mol. The molecule has 2 aromatic carbocycles. The molecule has 1 saturated carbocycles. The first kappa shape index (κ1) is 26.6. The molecule has 5 rings (SSSR count). The van der Waals surface area contributed by atoms with Crippen LogP contribution in [0, 0.1) is 0 Å². The van der Waals surface area contributed by atoms with Crippen LogP contribution in [0.25, 0.3) is 22.4 Å². The molecule has 0 atom stereocenters. The summed E-state index contributed by atoms with van der Waals surface area (Å²) in [5, 5.41) is 3.07. The second-order valence-electron chi connectivity index (χ2n) is 10.9. The van der Waals surface area contributed by atoms with Crippen molar-refractivity contribution in [1.82, 2.24) is 10.3 Å². The topological polar surface area (TPSA) is 80.8 Å². The Morgan fingerprint density at radius 1 is 1.10 bits per heavy atom. The fourth-order valence-electron chi connectivity index (χ4n) is 4.99. The first-order chi connectivity index (χ1) is 18.5. The number of carbonyl (C=O) groups is 2. The lowest BCUT2D eigenvalue weighted by Gasteiger charge is -2.43. The number of fused-ring (bicyclic) bond motifs is 1. The molecule has 0 unspecified atom stereocenters. The van der Waals surface area contributed by atoms with E-state index in [-0.39, 0.29) is 18.2 Å². The normalized spacial score (nSPS) is 16.3. The van der Waals surface area contributed by atoms with Gasteiger partial charge in [-0.25, -0.2) is 18.6 Å². The van der Waals surface area contributed by atoms with Crippen molar-refractivity contribution in [1.29, 1.82) is 0 Å². The molecule has 39 heavy (non-hydrogen) atoms. The Hall–Kier alpha value is -4.01. The van der Waals surface area contributed by atoms with Gasteiger partial charge in [0.05, 0.1) is 17.8 Å². The number of aromatic nitrogens is 1. The molecular weight excluding hydrogens is 504 g/mol. The Morgan fingerprint density at radius 2 is 1.79 bits per heavy atom. The van der Waals surface area contributed by atoms with Crippen molar-refractivity contribution < 1.29 is 27.8 Å². The van der Waals surface area contributed by atoms with Crippen LogP contribution < -0.4 is 15.0 Å². The maximum absolute atomic E-state index is 13.3. The Bertz CT molecular complexity index is 1370. The quantitative estimate of drug-likeness (QED) is 0.400. The Balaban J connectivity index is 1.52. The molecule has 1 aromatic heterocycles. The minimum absolute atomic E-state index is 0.135. The van der Waals surface area contributed by atoms with Gasteiger partial charge in [-0.15, -0.1) is 0 Å². The van der Waals surface area contributed by atoms with Gasteiger partial charge < -0.3 is 14.8 Å². The average molecular weight is 536 g/mol. The molecule has 2 amide bonds. The largest absolute Gasteiger partial charge is 0.466 e. The Labute approximate surface area is 226 Å². The fraction of sp³-hybridized carbons (Fsp3) is 0.367. The third kappa shape index (κ3) is 5.57. The molecule has 1 aliphatic heterocycles. The number of hydrogen-bond acceptors (Lipinski definition) is 5. The van der Waals surface area contributed by atoms with E-state index in [1.165, 1.54) is 0 Å². The number of carbonyl (C=O) groups excluding carboxylic acids is 2. The van der Waals surface area contributed by atoms with Crippen molar-refractivity contribution in [3.63, 3.8) is 0 Å². The summed E-state index contributed by atoms with van der Waals surface area (Å²) in [5.41, 5.74) is 2.99. The highest BCUT2D eigenvalue weighted by Gasteiger charge is 2.41. The van der Waals surface area contributed by atoms with Gasteiger partial charge in [0, 0.05) is 11.1 Å². The van der Waals surface area contributed by atoms with E-state index in [0.29, 0.717) is 11.3 Å². The molecule has 0 spiro atoms. The van der Waals surface area contributed by atoms with Crippen LogP contribution in [0.4, 0.5) is 19.3 Å². The van der Waals surface area contributed by atoms with Crippen molar-refractivity contribution in [2.24, 2.45) is 0 Å². The highest BCUT2D eigenvalue weighted by atomic mass is 19.3. The number of alkyl halides is 2. The van der Waals surface area contributed by atoms with Crippen molar-refractivity contribution in [2.45, 2.75) is 57.6 Å². The van der Waals surface area contributed by atoms with Gasteiger partial charge in [0.1, 0.15) is 11.3 Å². The molecule has 3 aromatic rings. The van der Waals surface area contributed by atoms with E-state index in [4.69, 9.17) is 14.5 Å². The molecule has 204 valence electrons. The predicted molar refractivity (Wildman–Crippen MR) is 144 cm³/mol. The third-order valence-electron chi connectivity index (χ3n) is 6.96. The fourth-order valence-corrected chi connectivity index (χ4v) is 4.99. The number of hydrogen-bond donors (Lipinski definition) is 1. The zero-order chi connectivity index (χ0) is 27.8. The van der Waals surface area contributed by atoms with Crippen LogP contribution in [0.5, 0.6) is 5.88 Å². The second kappa shape index (κ2) is 10.3. The molecule has 2 heterocycles. The van der Waals surface area contributed by atoms with Crippen LogP contribution in [0.1, 0.15) is 45.6 Å². The Kier molecular flexibility index (Phi) is 7.01. The molecular formula is C30H31F2N3O4. The molecule has 0 bridgehead atoms. The van der Waals surface area contributed by atoms with E-state index in [0.717, 1.165) is 40.9 Å². The predicted octanol–water partition coefficient (Wildman–Crippen LogP) is 6.31. The molecule has 0 radical (unpaired) electrons. The molecule has 0 saturated heterocycles. The Morgan fingerprint density at radius 3 is 2.38 bits per heavy atom. The maximum atomic E-state index is 13.3. The van der Waals surface area contributed by atoms with Crippen LogP contribution in [0.3, 0.4) is 0 Å². The van der Waals surface area contributed by atoms with Gasteiger partial charge in [0.2, 0.25) is 5.88 Å². The number of amides is 2. The number of alkyl carbamates (subject to hydrolysis) is 1. The number of halogens is 2. The minimum atomic E-state index is -2.69. The van der Waals surface area contributed by atoms with Crippen molar-refractivity contribution in [3.05, 3.63) is 66.2 Å². The number of anilines is 1. The van der Waals surface area contributed by atoms with E-state index < -0.39 is 36.1 Å². The molecule has 7 nitrogen and oxygen atoms in total. The summed E-state index contributed by atoms with van der Waals surface area (Å²) in [5.74, 6) is -0.403. The van der Waals surface area contributed by atoms with Crippen molar-refractivity contribution >= 4 is 17.7 Å². The van der Waals surface area contributed by atoms with Gasteiger partial charge in [-0.1, -0.05) is 54.6 Å².